The number of piperazine rings is 1. The molecule has 0 radical (unpaired) electrons. The van der Waals surface area contributed by atoms with Gasteiger partial charge in [0.05, 0.1) is 18.2 Å². The van der Waals surface area contributed by atoms with Gasteiger partial charge in [-0.2, -0.15) is 0 Å². The quantitative estimate of drug-likeness (QED) is 0.301. The Morgan fingerprint density at radius 2 is 1.94 bits per heavy atom. The Labute approximate surface area is 278 Å². The standard InChI is InChI=1S/C33H33F3N6O5S/c1-3-47-32(45)27-25(38-30(31-37-10-13-48-31)39-29(27)22-7-8-23(34)28(36)18(22)2)17-40-11-12-41-21(15-40)16-42(33(41)46)20-6-4-19(24(35)14-20)5-9-26(43)44/h4,6-8,10,13-14,21,29H,3,5,9,11-12,15-17H2,1-2H3,(H,38,39)(H,43,44)/t21-,29-/m0/s1. The van der Waals surface area contributed by atoms with E-state index in [1.165, 1.54) is 41.4 Å². The third kappa shape index (κ3) is 6.52. The van der Waals surface area contributed by atoms with Crippen LogP contribution in [-0.4, -0.2) is 89.1 Å². The van der Waals surface area contributed by atoms with Gasteiger partial charge in [-0.05, 0) is 55.2 Å². The highest BCUT2D eigenvalue weighted by Gasteiger charge is 2.42. The number of esters is 1. The largest absolute Gasteiger partial charge is 0.481 e. The number of benzene rings is 2. The number of halogens is 3. The molecule has 1 aromatic heterocycles. The van der Waals surface area contributed by atoms with Crippen molar-refractivity contribution in [2.45, 2.75) is 38.8 Å². The number of aliphatic carboxylic acids is 1. The number of amidine groups is 1. The number of anilines is 1. The third-order valence-electron chi connectivity index (χ3n) is 8.71. The Balaban J connectivity index is 1.28. The van der Waals surface area contributed by atoms with Crippen molar-refractivity contribution in [3.05, 3.63) is 92.3 Å². The van der Waals surface area contributed by atoms with Gasteiger partial charge in [-0.25, -0.2) is 27.7 Å². The Morgan fingerprint density at radius 1 is 1.12 bits per heavy atom. The van der Waals surface area contributed by atoms with E-state index in [1.807, 2.05) is 0 Å². The highest BCUT2D eigenvalue weighted by atomic mass is 32.1. The molecule has 0 aliphatic carbocycles. The number of nitrogens with zero attached hydrogens (tertiary/aromatic N) is 5. The van der Waals surface area contributed by atoms with Gasteiger partial charge in [-0.15, -0.1) is 11.3 Å². The van der Waals surface area contributed by atoms with Crippen molar-refractivity contribution in [2.75, 3.05) is 44.2 Å². The number of rotatable bonds is 10. The number of carbonyl (C=O) groups excluding carboxylic acids is 2. The molecule has 2 aromatic carbocycles. The lowest BCUT2D eigenvalue weighted by Gasteiger charge is -2.38. The summed E-state index contributed by atoms with van der Waals surface area (Å²) >= 11 is 1.33. The molecule has 0 spiro atoms. The minimum atomic E-state index is -1.02. The van der Waals surface area contributed by atoms with Crippen LogP contribution in [0, 0.1) is 24.4 Å². The predicted octanol–water partition coefficient (Wildman–Crippen LogP) is 4.42. The summed E-state index contributed by atoms with van der Waals surface area (Å²) in [4.78, 5) is 52.3. The number of carbonyl (C=O) groups is 3. The van der Waals surface area contributed by atoms with Crippen molar-refractivity contribution in [2.24, 2.45) is 4.99 Å². The average molecular weight is 683 g/mol. The Bertz CT molecular complexity index is 1820. The van der Waals surface area contributed by atoms with E-state index in [9.17, 15) is 27.6 Å². The number of ether oxygens (including phenoxy) is 1. The minimum Gasteiger partial charge on any atom is -0.481 e. The molecule has 48 heavy (non-hydrogen) atoms. The Hall–Kier alpha value is -4.76. The monoisotopic (exact) mass is 682 g/mol. The van der Waals surface area contributed by atoms with E-state index in [4.69, 9.17) is 14.8 Å². The summed E-state index contributed by atoms with van der Waals surface area (Å²) in [5.41, 5.74) is 1.61. The van der Waals surface area contributed by atoms with Crippen molar-refractivity contribution in [3.63, 3.8) is 0 Å². The van der Waals surface area contributed by atoms with Gasteiger partial charge in [0.15, 0.2) is 22.5 Å². The van der Waals surface area contributed by atoms with E-state index in [-0.39, 0.29) is 54.8 Å². The molecule has 2 saturated heterocycles. The molecule has 3 aromatic rings. The Kier molecular flexibility index (Phi) is 9.51. The molecule has 2 atom stereocenters. The van der Waals surface area contributed by atoms with Crippen molar-refractivity contribution >= 4 is 40.8 Å². The summed E-state index contributed by atoms with van der Waals surface area (Å²) < 4.78 is 49.2. The molecular formula is C33H33F3N6O5S. The SMILES string of the molecule is CCOC(=O)C1=C(CN2CCN3C(=O)N(c4ccc(CCC(=O)O)c(F)c4)C[C@@H]3C2)NC(c2nccs2)=N[C@H]1c1ccc(F)c(F)c1C. The molecule has 0 unspecified atom stereocenters. The maximum absolute atomic E-state index is 14.8. The van der Waals surface area contributed by atoms with Crippen LogP contribution in [0.1, 0.15) is 41.1 Å². The van der Waals surface area contributed by atoms with Gasteiger partial charge in [-0.3, -0.25) is 19.6 Å². The fourth-order valence-corrected chi connectivity index (χ4v) is 6.90. The summed E-state index contributed by atoms with van der Waals surface area (Å²) in [6, 6.07) is 5.31. The maximum Gasteiger partial charge on any atom is 0.338 e. The molecule has 2 amide bonds. The average Bonchev–Trinajstić information content (AvgIpc) is 3.71. The van der Waals surface area contributed by atoms with Crippen molar-refractivity contribution in [1.29, 1.82) is 0 Å². The van der Waals surface area contributed by atoms with E-state index in [0.717, 1.165) is 6.07 Å². The molecule has 2 N–H and O–H groups in total. The number of aliphatic imine (C=N–C) groups is 1. The van der Waals surface area contributed by atoms with E-state index in [0.29, 0.717) is 54.0 Å². The highest BCUT2D eigenvalue weighted by Crippen LogP contribution is 2.36. The van der Waals surface area contributed by atoms with Crippen LogP contribution in [0.4, 0.5) is 23.7 Å². The van der Waals surface area contributed by atoms with Gasteiger partial charge in [0, 0.05) is 62.1 Å². The van der Waals surface area contributed by atoms with E-state index >= 15 is 0 Å². The predicted molar refractivity (Wildman–Crippen MR) is 171 cm³/mol. The van der Waals surface area contributed by atoms with Gasteiger partial charge < -0.3 is 20.1 Å². The summed E-state index contributed by atoms with van der Waals surface area (Å²) in [5.74, 6) is -3.90. The smallest absolute Gasteiger partial charge is 0.338 e. The minimum absolute atomic E-state index is 0.0230. The number of hydrogen-bond acceptors (Lipinski definition) is 9. The van der Waals surface area contributed by atoms with Gasteiger partial charge in [0.2, 0.25) is 0 Å². The Morgan fingerprint density at radius 3 is 2.65 bits per heavy atom. The van der Waals surface area contributed by atoms with Crippen molar-refractivity contribution in [1.82, 2.24) is 20.1 Å². The van der Waals surface area contributed by atoms with Crippen molar-refractivity contribution < 1.29 is 37.4 Å². The van der Waals surface area contributed by atoms with Gasteiger partial charge in [0.25, 0.3) is 0 Å². The van der Waals surface area contributed by atoms with E-state index in [2.05, 4.69) is 15.2 Å². The lowest BCUT2D eigenvalue weighted by Crippen LogP contribution is -2.53. The molecule has 252 valence electrons. The van der Waals surface area contributed by atoms with Gasteiger partial charge >= 0.3 is 18.0 Å². The van der Waals surface area contributed by atoms with Crippen LogP contribution in [0.15, 0.2) is 58.2 Å². The number of thiazole rings is 1. The number of urea groups is 1. The number of aromatic nitrogens is 1. The number of hydrogen-bond donors (Lipinski definition) is 2. The second-order valence-corrected chi connectivity index (χ2v) is 12.6. The summed E-state index contributed by atoms with van der Waals surface area (Å²) in [6.07, 6.45) is 1.46. The highest BCUT2D eigenvalue weighted by molar-refractivity contribution is 7.11. The van der Waals surface area contributed by atoms with Crippen molar-refractivity contribution in [3.8, 4) is 0 Å². The summed E-state index contributed by atoms with van der Waals surface area (Å²) in [6.45, 7) is 4.98. The van der Waals surface area contributed by atoms with Crippen LogP contribution in [0.25, 0.3) is 0 Å². The first-order valence-corrected chi connectivity index (χ1v) is 16.3. The fraction of sp³-hybridized carbons (Fsp3) is 0.364. The van der Waals surface area contributed by atoms with Crippen LogP contribution >= 0.6 is 11.3 Å². The van der Waals surface area contributed by atoms with Crippen LogP contribution in [0.3, 0.4) is 0 Å². The first-order chi connectivity index (χ1) is 23.0. The van der Waals surface area contributed by atoms with Crippen LogP contribution in [0.5, 0.6) is 0 Å². The van der Waals surface area contributed by atoms with Crippen LogP contribution < -0.4 is 10.2 Å². The summed E-state index contributed by atoms with van der Waals surface area (Å²) in [5, 5.41) is 14.5. The number of fused-ring (bicyclic) bond motifs is 1. The number of aryl methyl sites for hydroxylation is 1. The van der Waals surface area contributed by atoms with E-state index < -0.39 is 35.4 Å². The lowest BCUT2D eigenvalue weighted by molar-refractivity contribution is -0.139. The number of nitrogens with one attached hydrogen (secondary N) is 1. The molecule has 4 heterocycles. The zero-order valence-electron chi connectivity index (χ0n) is 26.2. The lowest BCUT2D eigenvalue weighted by atomic mass is 9.92. The fourth-order valence-electron chi connectivity index (χ4n) is 6.31. The zero-order valence-corrected chi connectivity index (χ0v) is 27.0. The molecule has 2 fully saturated rings. The van der Waals surface area contributed by atoms with Crippen LogP contribution in [-0.2, 0) is 20.7 Å². The molecule has 0 bridgehead atoms. The topological polar surface area (TPSA) is 128 Å². The first-order valence-electron chi connectivity index (χ1n) is 15.5. The second kappa shape index (κ2) is 13.8. The normalized spacial score (nSPS) is 19.7. The molecule has 0 saturated carbocycles. The van der Waals surface area contributed by atoms with Gasteiger partial charge in [0.1, 0.15) is 11.9 Å². The molecule has 15 heteroatoms. The molecule has 11 nitrogen and oxygen atoms in total. The first kappa shape index (κ1) is 33.2. The second-order valence-electron chi connectivity index (χ2n) is 11.7. The van der Waals surface area contributed by atoms with E-state index in [1.54, 1.807) is 29.5 Å². The summed E-state index contributed by atoms with van der Waals surface area (Å²) in [7, 11) is 0. The molecule has 6 rings (SSSR count). The zero-order chi connectivity index (χ0) is 34.1. The van der Waals surface area contributed by atoms with Gasteiger partial charge in [-0.1, -0.05) is 12.1 Å². The molecule has 3 aliphatic heterocycles. The number of carboxylic acids is 1. The number of carboxylic acid groups (broad SMARTS) is 1. The molecule has 3 aliphatic rings. The number of amides is 2. The maximum atomic E-state index is 14.8. The third-order valence-corrected chi connectivity index (χ3v) is 9.49. The molecular weight excluding hydrogens is 649 g/mol. The van der Waals surface area contributed by atoms with Crippen LogP contribution in [0.2, 0.25) is 0 Å².